The topological polar surface area (TPSA) is 71.3 Å². The Morgan fingerprint density at radius 3 is 2.84 bits per heavy atom. The van der Waals surface area contributed by atoms with E-state index in [1.54, 1.807) is 6.26 Å². The van der Waals surface area contributed by atoms with E-state index in [0.717, 1.165) is 61.4 Å². The van der Waals surface area contributed by atoms with Crippen LogP contribution < -0.4 is 20.1 Å². The Kier molecular flexibility index (Phi) is 7.93. The van der Waals surface area contributed by atoms with Crippen molar-refractivity contribution in [3.05, 3.63) is 42.4 Å². The number of rotatable bonds is 7. The van der Waals surface area contributed by atoms with Gasteiger partial charge in [0.15, 0.2) is 17.5 Å². The van der Waals surface area contributed by atoms with Crippen molar-refractivity contribution in [1.29, 1.82) is 0 Å². The number of hydrogen-bond donors (Lipinski definition) is 2. The molecule has 1 atom stereocenters. The van der Waals surface area contributed by atoms with Crippen LogP contribution in [0.5, 0.6) is 11.5 Å². The fourth-order valence-electron chi connectivity index (χ4n) is 4.21. The summed E-state index contributed by atoms with van der Waals surface area (Å²) in [7, 11) is 0. The van der Waals surface area contributed by atoms with Crippen molar-refractivity contribution in [2.45, 2.75) is 45.6 Å². The van der Waals surface area contributed by atoms with Gasteiger partial charge in [-0.1, -0.05) is 0 Å². The molecule has 2 aromatic rings. The van der Waals surface area contributed by atoms with Crippen LogP contribution in [0.15, 0.2) is 46.0 Å². The van der Waals surface area contributed by atoms with Crippen LogP contribution >= 0.6 is 0 Å². The van der Waals surface area contributed by atoms with Crippen molar-refractivity contribution in [3.63, 3.8) is 0 Å². The number of nitrogens with zero attached hydrogens (tertiary/aromatic N) is 2. The largest absolute Gasteiger partial charge is 0.490 e. The lowest BCUT2D eigenvalue weighted by Gasteiger charge is -2.34. The van der Waals surface area contributed by atoms with Crippen molar-refractivity contribution in [1.82, 2.24) is 10.2 Å². The van der Waals surface area contributed by atoms with Gasteiger partial charge in [0.1, 0.15) is 5.76 Å². The molecule has 0 bridgehead atoms. The molecular weight excluding hydrogens is 404 g/mol. The molecule has 1 aromatic heterocycles. The minimum absolute atomic E-state index is 0.582. The number of likely N-dealkylation sites (tertiary alicyclic amines) is 1. The van der Waals surface area contributed by atoms with Crippen LogP contribution in [0.4, 0.5) is 5.69 Å². The molecule has 0 aliphatic carbocycles. The van der Waals surface area contributed by atoms with E-state index in [-0.39, 0.29) is 0 Å². The van der Waals surface area contributed by atoms with Crippen molar-refractivity contribution in [2.24, 2.45) is 10.9 Å². The summed E-state index contributed by atoms with van der Waals surface area (Å²) >= 11 is 0. The number of furan rings is 1. The van der Waals surface area contributed by atoms with Gasteiger partial charge < -0.3 is 29.4 Å². The highest BCUT2D eigenvalue weighted by Gasteiger charge is 2.21. The van der Waals surface area contributed by atoms with E-state index in [2.05, 4.69) is 29.4 Å². The van der Waals surface area contributed by atoms with Crippen LogP contribution in [-0.2, 0) is 6.42 Å². The van der Waals surface area contributed by atoms with Crippen LogP contribution in [0.25, 0.3) is 0 Å². The average molecular weight is 441 g/mol. The smallest absolute Gasteiger partial charge is 0.195 e. The Morgan fingerprint density at radius 1 is 1.16 bits per heavy atom. The van der Waals surface area contributed by atoms with Crippen LogP contribution in [-0.4, -0.2) is 56.3 Å². The summed E-state index contributed by atoms with van der Waals surface area (Å²) in [5.74, 6) is 3.91. The zero-order chi connectivity index (χ0) is 22.2. The molecule has 4 rings (SSSR count). The van der Waals surface area contributed by atoms with E-state index in [0.29, 0.717) is 25.2 Å². The molecule has 2 aliphatic heterocycles. The highest BCUT2D eigenvalue weighted by atomic mass is 16.5. The lowest BCUT2D eigenvalue weighted by molar-refractivity contribution is 0.143. The first kappa shape index (κ1) is 22.5. The molecule has 1 unspecified atom stereocenters. The van der Waals surface area contributed by atoms with E-state index in [4.69, 9.17) is 18.9 Å². The van der Waals surface area contributed by atoms with Gasteiger partial charge in [0.25, 0.3) is 0 Å². The fraction of sp³-hybridized carbons (Fsp3) is 0.560. The third-order valence-corrected chi connectivity index (χ3v) is 6.04. The molecule has 32 heavy (non-hydrogen) atoms. The molecule has 7 heteroatoms. The highest BCUT2D eigenvalue weighted by Crippen LogP contribution is 2.32. The van der Waals surface area contributed by atoms with E-state index < -0.39 is 0 Å². The second-order valence-electron chi connectivity index (χ2n) is 8.88. The minimum Gasteiger partial charge on any atom is -0.490 e. The summed E-state index contributed by atoms with van der Waals surface area (Å²) in [5, 5.41) is 6.93. The first-order valence-corrected chi connectivity index (χ1v) is 11.9. The second kappa shape index (κ2) is 11.3. The van der Waals surface area contributed by atoms with Crippen molar-refractivity contribution in [2.75, 3.05) is 44.7 Å². The molecule has 1 fully saturated rings. The van der Waals surface area contributed by atoms with E-state index in [1.165, 1.54) is 19.4 Å². The SMILES string of the molecule is CC(C)N1CCCC(CN=C(NCCc2ccco2)Nc2ccc3c(c2)OCCCO3)C1. The molecule has 2 N–H and O–H groups in total. The Balaban J connectivity index is 1.42. The summed E-state index contributed by atoms with van der Waals surface area (Å²) in [4.78, 5) is 7.51. The maximum Gasteiger partial charge on any atom is 0.195 e. The Labute approximate surface area is 191 Å². The maximum absolute atomic E-state index is 5.85. The minimum atomic E-state index is 0.582. The van der Waals surface area contributed by atoms with Gasteiger partial charge in [0.05, 0.1) is 19.5 Å². The lowest BCUT2D eigenvalue weighted by Crippen LogP contribution is -2.41. The number of anilines is 1. The Bertz CT molecular complexity index is 866. The van der Waals surface area contributed by atoms with Gasteiger partial charge in [-0.15, -0.1) is 0 Å². The maximum atomic E-state index is 5.85. The number of nitrogens with one attached hydrogen (secondary N) is 2. The van der Waals surface area contributed by atoms with Crippen molar-refractivity contribution < 1.29 is 13.9 Å². The van der Waals surface area contributed by atoms with Crippen LogP contribution in [0.2, 0.25) is 0 Å². The zero-order valence-corrected chi connectivity index (χ0v) is 19.3. The molecule has 1 saturated heterocycles. The Hall–Kier alpha value is -2.67. The number of hydrogen-bond acceptors (Lipinski definition) is 5. The first-order chi connectivity index (χ1) is 15.7. The summed E-state index contributed by atoms with van der Waals surface area (Å²) in [6.07, 6.45) is 5.89. The molecule has 174 valence electrons. The van der Waals surface area contributed by atoms with Crippen molar-refractivity contribution >= 4 is 11.6 Å². The van der Waals surface area contributed by atoms with Crippen molar-refractivity contribution in [3.8, 4) is 11.5 Å². The van der Waals surface area contributed by atoms with Crippen LogP contribution in [0, 0.1) is 5.92 Å². The van der Waals surface area contributed by atoms with Crippen LogP contribution in [0.3, 0.4) is 0 Å². The third kappa shape index (κ3) is 6.42. The van der Waals surface area contributed by atoms with E-state index in [9.17, 15) is 0 Å². The first-order valence-electron chi connectivity index (χ1n) is 11.9. The van der Waals surface area contributed by atoms with Gasteiger partial charge in [0, 0.05) is 50.3 Å². The molecular formula is C25H36N4O3. The number of guanidine groups is 1. The van der Waals surface area contributed by atoms with Gasteiger partial charge in [-0.25, -0.2) is 0 Å². The second-order valence-corrected chi connectivity index (χ2v) is 8.88. The van der Waals surface area contributed by atoms with Crippen LogP contribution in [0.1, 0.15) is 38.9 Å². The van der Waals surface area contributed by atoms with Gasteiger partial charge in [0.2, 0.25) is 0 Å². The average Bonchev–Trinajstić information content (AvgIpc) is 3.21. The van der Waals surface area contributed by atoms with Gasteiger partial charge in [-0.3, -0.25) is 4.99 Å². The number of aliphatic imine (C=N–C) groups is 1. The van der Waals surface area contributed by atoms with E-state index in [1.807, 2.05) is 30.3 Å². The highest BCUT2D eigenvalue weighted by molar-refractivity contribution is 5.94. The molecule has 0 spiro atoms. The lowest BCUT2D eigenvalue weighted by atomic mass is 9.97. The van der Waals surface area contributed by atoms with Gasteiger partial charge >= 0.3 is 0 Å². The summed E-state index contributed by atoms with van der Waals surface area (Å²) in [6, 6.07) is 10.5. The molecule has 2 aliphatic rings. The van der Waals surface area contributed by atoms with E-state index >= 15 is 0 Å². The predicted molar refractivity (Wildman–Crippen MR) is 128 cm³/mol. The third-order valence-electron chi connectivity index (χ3n) is 6.04. The molecule has 0 saturated carbocycles. The Morgan fingerprint density at radius 2 is 2.03 bits per heavy atom. The monoisotopic (exact) mass is 440 g/mol. The number of benzene rings is 1. The van der Waals surface area contributed by atoms with Gasteiger partial charge in [-0.2, -0.15) is 0 Å². The summed E-state index contributed by atoms with van der Waals surface area (Å²) < 4.78 is 17.1. The molecule has 3 heterocycles. The number of ether oxygens (including phenoxy) is 2. The fourth-order valence-corrected chi connectivity index (χ4v) is 4.21. The normalized spacial score (nSPS) is 19.6. The summed E-state index contributed by atoms with van der Waals surface area (Å²) in [5.41, 5.74) is 0.936. The van der Waals surface area contributed by atoms with Gasteiger partial charge in [-0.05, 0) is 63.4 Å². The number of fused-ring (bicyclic) bond motifs is 1. The molecule has 7 nitrogen and oxygen atoms in total. The predicted octanol–water partition coefficient (Wildman–Crippen LogP) is 4.16. The number of piperidine rings is 1. The molecule has 1 aromatic carbocycles. The quantitative estimate of drug-likeness (QED) is 0.498. The standard InChI is InChI=1S/C25H36N4O3/c1-19(2)29-12-3-6-20(18-29)17-27-25(26-11-10-22-7-4-13-30-22)28-21-8-9-23-24(16-21)32-15-5-14-31-23/h4,7-9,13,16,19-20H,3,5-6,10-12,14-15,17-18H2,1-2H3,(H2,26,27,28). The summed E-state index contributed by atoms with van der Waals surface area (Å²) in [6.45, 7) is 9.78. The zero-order valence-electron chi connectivity index (χ0n) is 19.3. The molecule has 0 amide bonds. The molecule has 0 radical (unpaired) electrons.